The number of hydrogen-bond acceptors (Lipinski definition) is 4. The molecule has 5 heteroatoms. The van der Waals surface area contributed by atoms with Crippen LogP contribution in [0.1, 0.15) is 38.7 Å². The molecule has 0 saturated carbocycles. The van der Waals surface area contributed by atoms with Crippen molar-refractivity contribution in [2.45, 2.75) is 40.0 Å². The summed E-state index contributed by atoms with van der Waals surface area (Å²) in [6.07, 6.45) is 2.25. The van der Waals surface area contributed by atoms with Gasteiger partial charge >= 0.3 is 5.97 Å². The number of carboxylic acid groups (broad SMARTS) is 1. The first-order chi connectivity index (χ1) is 12.9. The molecule has 0 saturated heterocycles. The number of para-hydroxylation sites is 1. The zero-order valence-corrected chi connectivity index (χ0v) is 16.8. The number of ether oxygens (including phenoxy) is 1. The van der Waals surface area contributed by atoms with Crippen molar-refractivity contribution in [3.63, 3.8) is 0 Å². The van der Waals surface area contributed by atoms with Crippen LogP contribution in [-0.4, -0.2) is 22.7 Å². The largest absolute Gasteiger partial charge is 0.481 e. The fraction of sp³-hybridized carbons (Fsp3) is 0.364. The van der Waals surface area contributed by atoms with Gasteiger partial charge in [-0.05, 0) is 63.1 Å². The molecule has 4 nitrogen and oxygen atoms in total. The molecule has 0 atom stereocenters. The van der Waals surface area contributed by atoms with Crippen LogP contribution in [0.15, 0.2) is 41.8 Å². The van der Waals surface area contributed by atoms with Crippen LogP contribution in [0.5, 0.6) is 5.88 Å². The highest BCUT2D eigenvalue weighted by Crippen LogP contribution is 2.35. The molecule has 2 heterocycles. The molecule has 0 unspecified atom stereocenters. The molecule has 142 valence electrons. The second-order valence-corrected chi connectivity index (χ2v) is 8.42. The van der Waals surface area contributed by atoms with E-state index in [2.05, 4.69) is 29.4 Å². The number of pyridine rings is 1. The number of thiophene rings is 1. The van der Waals surface area contributed by atoms with E-state index in [9.17, 15) is 9.90 Å². The highest BCUT2D eigenvalue weighted by molar-refractivity contribution is 7.13. The Hall–Kier alpha value is -2.40. The number of carboxylic acids is 1. The van der Waals surface area contributed by atoms with Crippen LogP contribution in [0.4, 0.5) is 0 Å². The SMILES string of the molecule is Cc1csc(-c2cc(OCCCCC(C)(C)C(=O)O)nc3ccccc23)c1. The molecule has 1 aromatic carbocycles. The van der Waals surface area contributed by atoms with E-state index in [-0.39, 0.29) is 0 Å². The summed E-state index contributed by atoms with van der Waals surface area (Å²) in [5.74, 6) is -0.136. The van der Waals surface area contributed by atoms with Crippen molar-refractivity contribution in [1.82, 2.24) is 4.98 Å². The number of aryl methyl sites for hydroxylation is 1. The van der Waals surface area contributed by atoms with Gasteiger partial charge in [-0.3, -0.25) is 4.79 Å². The summed E-state index contributed by atoms with van der Waals surface area (Å²) in [5, 5.41) is 12.4. The van der Waals surface area contributed by atoms with E-state index in [1.807, 2.05) is 24.3 Å². The molecule has 3 aromatic rings. The monoisotopic (exact) mass is 383 g/mol. The topological polar surface area (TPSA) is 59.4 Å². The van der Waals surface area contributed by atoms with Gasteiger partial charge in [0.2, 0.25) is 5.88 Å². The summed E-state index contributed by atoms with van der Waals surface area (Å²) in [7, 11) is 0. The fourth-order valence-electron chi connectivity index (χ4n) is 2.95. The minimum absolute atomic E-state index is 0.532. The van der Waals surface area contributed by atoms with Gasteiger partial charge in [-0.25, -0.2) is 4.98 Å². The van der Waals surface area contributed by atoms with Crippen LogP contribution in [0.3, 0.4) is 0 Å². The number of aromatic nitrogens is 1. The number of hydrogen-bond donors (Lipinski definition) is 1. The molecule has 0 radical (unpaired) electrons. The van der Waals surface area contributed by atoms with Gasteiger partial charge in [0.1, 0.15) is 0 Å². The van der Waals surface area contributed by atoms with E-state index in [0.717, 1.165) is 29.3 Å². The highest BCUT2D eigenvalue weighted by Gasteiger charge is 2.26. The van der Waals surface area contributed by atoms with Gasteiger partial charge in [-0.1, -0.05) is 18.2 Å². The smallest absolute Gasteiger partial charge is 0.309 e. The molecule has 0 amide bonds. The molecule has 0 spiro atoms. The second-order valence-electron chi connectivity index (χ2n) is 7.51. The summed E-state index contributed by atoms with van der Waals surface area (Å²) in [6.45, 7) is 6.15. The lowest BCUT2D eigenvalue weighted by atomic mass is 9.87. The lowest BCUT2D eigenvalue weighted by Crippen LogP contribution is -2.23. The van der Waals surface area contributed by atoms with E-state index in [0.29, 0.717) is 18.9 Å². The zero-order chi connectivity index (χ0) is 19.4. The van der Waals surface area contributed by atoms with Gasteiger partial charge in [-0.15, -0.1) is 11.3 Å². The molecule has 27 heavy (non-hydrogen) atoms. The standard InChI is InChI=1S/C22H25NO3S/c1-15-12-19(27-14-15)17-13-20(23-18-9-5-4-8-16(17)18)26-11-7-6-10-22(2,3)21(24)25/h4-5,8-9,12-14H,6-7,10-11H2,1-3H3,(H,24,25). The van der Waals surface area contributed by atoms with Crippen LogP contribution in [0, 0.1) is 12.3 Å². The average molecular weight is 384 g/mol. The molecule has 0 aliphatic rings. The Morgan fingerprint density at radius 1 is 1.22 bits per heavy atom. The zero-order valence-electron chi connectivity index (χ0n) is 16.0. The maximum Gasteiger partial charge on any atom is 0.309 e. The molecule has 0 bridgehead atoms. The van der Waals surface area contributed by atoms with Crippen molar-refractivity contribution in [3.8, 4) is 16.3 Å². The predicted octanol–water partition coefficient (Wildman–Crippen LogP) is 5.93. The number of rotatable bonds is 8. The van der Waals surface area contributed by atoms with Crippen molar-refractivity contribution in [2.24, 2.45) is 5.41 Å². The van der Waals surface area contributed by atoms with Gasteiger partial charge in [0, 0.05) is 21.9 Å². The number of carbonyl (C=O) groups is 1. The van der Waals surface area contributed by atoms with Crippen molar-refractivity contribution < 1.29 is 14.6 Å². The van der Waals surface area contributed by atoms with Crippen LogP contribution in [-0.2, 0) is 4.79 Å². The minimum Gasteiger partial charge on any atom is -0.481 e. The third-order valence-corrected chi connectivity index (χ3v) is 5.80. The van der Waals surface area contributed by atoms with E-state index in [1.54, 1.807) is 25.2 Å². The van der Waals surface area contributed by atoms with Crippen LogP contribution < -0.4 is 4.74 Å². The minimum atomic E-state index is -0.754. The molecular weight excluding hydrogens is 358 g/mol. The van der Waals surface area contributed by atoms with E-state index in [1.165, 1.54) is 10.4 Å². The summed E-state index contributed by atoms with van der Waals surface area (Å²) in [6, 6.07) is 12.3. The lowest BCUT2D eigenvalue weighted by molar-refractivity contribution is -0.147. The molecule has 2 aromatic heterocycles. The number of unbranched alkanes of at least 4 members (excludes halogenated alkanes) is 1. The summed E-state index contributed by atoms with van der Waals surface area (Å²) < 4.78 is 5.90. The first-order valence-electron chi connectivity index (χ1n) is 9.18. The molecule has 0 aliphatic heterocycles. The van der Waals surface area contributed by atoms with Crippen LogP contribution >= 0.6 is 11.3 Å². The third kappa shape index (κ3) is 4.66. The number of aliphatic carboxylic acids is 1. The summed E-state index contributed by atoms with van der Waals surface area (Å²) in [5.41, 5.74) is 2.62. The van der Waals surface area contributed by atoms with E-state index in [4.69, 9.17) is 4.74 Å². The first-order valence-corrected chi connectivity index (χ1v) is 10.1. The quantitative estimate of drug-likeness (QED) is 0.490. The summed E-state index contributed by atoms with van der Waals surface area (Å²) in [4.78, 5) is 17.0. The van der Waals surface area contributed by atoms with Gasteiger partial charge in [0.15, 0.2) is 0 Å². The second kappa shape index (κ2) is 8.09. The first kappa shape index (κ1) is 19.4. The fourth-order valence-corrected chi connectivity index (χ4v) is 3.88. The predicted molar refractivity (Wildman–Crippen MR) is 111 cm³/mol. The van der Waals surface area contributed by atoms with Crippen molar-refractivity contribution >= 4 is 28.2 Å². The lowest BCUT2D eigenvalue weighted by Gasteiger charge is -2.18. The Morgan fingerprint density at radius 2 is 2.00 bits per heavy atom. The number of benzene rings is 1. The maximum absolute atomic E-state index is 11.2. The summed E-state index contributed by atoms with van der Waals surface area (Å²) >= 11 is 1.72. The Morgan fingerprint density at radius 3 is 2.70 bits per heavy atom. The molecular formula is C22H25NO3S. The molecule has 3 rings (SSSR count). The van der Waals surface area contributed by atoms with Gasteiger partial charge in [0.05, 0.1) is 17.5 Å². The highest BCUT2D eigenvalue weighted by atomic mass is 32.1. The number of nitrogens with zero attached hydrogens (tertiary/aromatic N) is 1. The average Bonchev–Trinajstić information content (AvgIpc) is 3.06. The Balaban J connectivity index is 1.71. The third-order valence-electron chi connectivity index (χ3n) is 4.71. The molecule has 1 N–H and O–H groups in total. The van der Waals surface area contributed by atoms with E-state index >= 15 is 0 Å². The molecule has 0 fully saturated rings. The van der Waals surface area contributed by atoms with Crippen molar-refractivity contribution in [3.05, 3.63) is 47.3 Å². The van der Waals surface area contributed by atoms with Crippen LogP contribution in [0.2, 0.25) is 0 Å². The van der Waals surface area contributed by atoms with Crippen LogP contribution in [0.25, 0.3) is 21.3 Å². The Labute approximate surface area is 163 Å². The maximum atomic E-state index is 11.2. The van der Waals surface area contributed by atoms with Gasteiger partial charge in [-0.2, -0.15) is 0 Å². The van der Waals surface area contributed by atoms with Crippen molar-refractivity contribution in [1.29, 1.82) is 0 Å². The Bertz CT molecular complexity index is 946. The van der Waals surface area contributed by atoms with Crippen molar-refractivity contribution in [2.75, 3.05) is 6.61 Å². The normalized spacial score (nSPS) is 11.7. The molecule has 0 aliphatic carbocycles. The number of fused-ring (bicyclic) bond motifs is 1. The van der Waals surface area contributed by atoms with Gasteiger partial charge < -0.3 is 9.84 Å². The Kier molecular flexibility index (Phi) is 5.80. The van der Waals surface area contributed by atoms with Gasteiger partial charge in [0.25, 0.3) is 0 Å². The van der Waals surface area contributed by atoms with E-state index < -0.39 is 11.4 Å².